The summed E-state index contributed by atoms with van der Waals surface area (Å²) in [6, 6.07) is 2.06. The average Bonchev–Trinajstić information content (AvgIpc) is 2.26. The Morgan fingerprint density at radius 2 is 2.06 bits per heavy atom. The first kappa shape index (κ1) is 13.7. The fourth-order valence-corrected chi connectivity index (χ4v) is 1.22. The molecule has 0 aromatic carbocycles. The number of alkyl halides is 3. The van der Waals surface area contributed by atoms with Crippen molar-refractivity contribution >= 4 is 17.5 Å². The molecule has 0 aliphatic rings. The minimum atomic E-state index is -4.71. The zero-order valence-corrected chi connectivity index (χ0v) is 9.63. The Hall–Kier alpha value is -1.34. The van der Waals surface area contributed by atoms with Crippen molar-refractivity contribution in [3.8, 4) is 0 Å². The summed E-state index contributed by atoms with van der Waals surface area (Å²) >= 11 is 5.36. The van der Waals surface area contributed by atoms with Crippen LogP contribution in [0.4, 0.5) is 13.2 Å². The quantitative estimate of drug-likeness (QED) is 0.774. The normalized spacial score (nSPS) is 11.4. The van der Waals surface area contributed by atoms with Crippen LogP contribution in [-0.2, 0) is 11.0 Å². The predicted octanol–water partition coefficient (Wildman–Crippen LogP) is 2.39. The monoisotopic (exact) mass is 268 g/mol. The Morgan fingerprint density at radius 1 is 1.47 bits per heavy atom. The summed E-state index contributed by atoms with van der Waals surface area (Å²) in [6.45, 7) is 0. The molecule has 0 fully saturated rings. The zero-order chi connectivity index (χ0) is 13.2. The highest BCUT2D eigenvalue weighted by atomic mass is 35.5. The molecule has 4 nitrogen and oxygen atoms in total. The van der Waals surface area contributed by atoms with Gasteiger partial charge in [-0.3, -0.25) is 9.63 Å². The molecule has 0 saturated heterocycles. The van der Waals surface area contributed by atoms with Crippen molar-refractivity contribution in [2.75, 3.05) is 14.2 Å². The Labute approximate surface area is 99.9 Å². The number of amides is 1. The number of pyridine rings is 1. The van der Waals surface area contributed by atoms with Crippen molar-refractivity contribution in [3.05, 3.63) is 28.5 Å². The Kier molecular flexibility index (Phi) is 3.94. The van der Waals surface area contributed by atoms with Gasteiger partial charge in [0.15, 0.2) is 5.69 Å². The maximum Gasteiger partial charge on any atom is 0.434 e. The highest BCUT2D eigenvalue weighted by Gasteiger charge is 2.36. The van der Waals surface area contributed by atoms with Gasteiger partial charge in [-0.05, 0) is 12.1 Å². The van der Waals surface area contributed by atoms with Gasteiger partial charge in [-0.1, -0.05) is 11.6 Å². The van der Waals surface area contributed by atoms with E-state index in [1.807, 2.05) is 0 Å². The third kappa shape index (κ3) is 3.07. The molecule has 8 heteroatoms. The van der Waals surface area contributed by atoms with Gasteiger partial charge < -0.3 is 0 Å². The number of hydroxylamine groups is 2. The number of carbonyl (C=O) groups is 1. The van der Waals surface area contributed by atoms with Crippen LogP contribution in [0, 0.1) is 0 Å². The summed E-state index contributed by atoms with van der Waals surface area (Å²) in [7, 11) is 2.46. The number of hydrogen-bond donors (Lipinski definition) is 0. The standard InChI is InChI=1S/C9H8ClF3N2O2/c1-15(17-2)8(16)6-4-3-5(10)7(14-6)9(11,12)13/h3-4H,1-2H3. The third-order valence-electron chi connectivity index (χ3n) is 1.89. The van der Waals surface area contributed by atoms with Gasteiger partial charge in [0.1, 0.15) is 5.69 Å². The number of nitrogens with zero attached hydrogens (tertiary/aromatic N) is 2. The Bertz CT molecular complexity index is 437. The molecule has 0 aliphatic heterocycles. The summed E-state index contributed by atoms with van der Waals surface area (Å²) in [4.78, 5) is 19.2. The molecule has 1 rings (SSSR count). The van der Waals surface area contributed by atoms with Gasteiger partial charge >= 0.3 is 6.18 Å². The lowest BCUT2D eigenvalue weighted by molar-refractivity contribution is -0.141. The maximum absolute atomic E-state index is 12.5. The molecule has 0 atom stereocenters. The van der Waals surface area contributed by atoms with Crippen LogP contribution >= 0.6 is 11.6 Å². The van der Waals surface area contributed by atoms with Crippen LogP contribution in [0.15, 0.2) is 12.1 Å². The van der Waals surface area contributed by atoms with Crippen LogP contribution in [0.2, 0.25) is 5.02 Å². The van der Waals surface area contributed by atoms with E-state index in [1.165, 1.54) is 14.2 Å². The Morgan fingerprint density at radius 3 is 2.53 bits per heavy atom. The van der Waals surface area contributed by atoms with Crippen molar-refractivity contribution in [2.24, 2.45) is 0 Å². The molecule has 1 heterocycles. The molecule has 1 aromatic rings. The predicted molar refractivity (Wildman–Crippen MR) is 53.4 cm³/mol. The van der Waals surface area contributed by atoms with Crippen molar-refractivity contribution in [2.45, 2.75) is 6.18 Å². The first-order chi connectivity index (χ1) is 7.77. The van der Waals surface area contributed by atoms with Crippen LogP contribution in [0.1, 0.15) is 16.2 Å². The number of halogens is 4. The van der Waals surface area contributed by atoms with E-state index in [1.54, 1.807) is 0 Å². The second kappa shape index (κ2) is 4.89. The Balaban J connectivity index is 3.18. The van der Waals surface area contributed by atoms with E-state index in [0.29, 0.717) is 0 Å². The van der Waals surface area contributed by atoms with Crippen LogP contribution in [0.5, 0.6) is 0 Å². The minimum Gasteiger partial charge on any atom is -0.274 e. The summed E-state index contributed by atoms with van der Waals surface area (Å²) in [5.74, 6) is -0.797. The summed E-state index contributed by atoms with van der Waals surface area (Å²) in [5.41, 5.74) is -1.69. The van der Waals surface area contributed by atoms with Crippen LogP contribution in [-0.4, -0.2) is 30.1 Å². The van der Waals surface area contributed by atoms with Gasteiger partial charge in [0.05, 0.1) is 12.1 Å². The van der Waals surface area contributed by atoms with Gasteiger partial charge in [0.25, 0.3) is 5.91 Å². The molecular weight excluding hydrogens is 261 g/mol. The first-order valence-corrected chi connectivity index (χ1v) is 4.71. The number of hydrogen-bond acceptors (Lipinski definition) is 3. The molecular formula is C9H8ClF3N2O2. The molecule has 0 radical (unpaired) electrons. The first-order valence-electron chi connectivity index (χ1n) is 4.33. The molecule has 0 aliphatic carbocycles. The SMILES string of the molecule is CON(C)C(=O)c1ccc(Cl)c(C(F)(F)F)n1. The third-order valence-corrected chi connectivity index (χ3v) is 2.20. The summed E-state index contributed by atoms with van der Waals surface area (Å²) in [6.07, 6.45) is -4.71. The fraction of sp³-hybridized carbons (Fsp3) is 0.333. The molecule has 0 spiro atoms. The average molecular weight is 269 g/mol. The molecule has 0 saturated carbocycles. The van der Waals surface area contributed by atoms with Crippen LogP contribution in [0.3, 0.4) is 0 Å². The van der Waals surface area contributed by atoms with Crippen molar-refractivity contribution < 1.29 is 22.8 Å². The molecule has 0 N–H and O–H groups in total. The van der Waals surface area contributed by atoms with Crippen molar-refractivity contribution in [1.29, 1.82) is 0 Å². The highest BCUT2D eigenvalue weighted by molar-refractivity contribution is 6.31. The van der Waals surface area contributed by atoms with E-state index in [9.17, 15) is 18.0 Å². The van der Waals surface area contributed by atoms with E-state index >= 15 is 0 Å². The molecule has 94 valence electrons. The van der Waals surface area contributed by atoms with Gasteiger partial charge in [-0.25, -0.2) is 10.0 Å². The smallest absolute Gasteiger partial charge is 0.274 e. The van der Waals surface area contributed by atoms with Gasteiger partial charge in [-0.15, -0.1) is 0 Å². The zero-order valence-electron chi connectivity index (χ0n) is 8.88. The topological polar surface area (TPSA) is 42.4 Å². The van der Waals surface area contributed by atoms with E-state index in [-0.39, 0.29) is 0 Å². The van der Waals surface area contributed by atoms with Crippen molar-refractivity contribution in [1.82, 2.24) is 10.0 Å². The lowest BCUT2D eigenvalue weighted by Crippen LogP contribution is -2.27. The summed E-state index contributed by atoms with van der Waals surface area (Å²) < 4.78 is 37.4. The van der Waals surface area contributed by atoms with Gasteiger partial charge in [-0.2, -0.15) is 13.2 Å². The second-order valence-electron chi connectivity index (χ2n) is 3.01. The largest absolute Gasteiger partial charge is 0.434 e. The maximum atomic E-state index is 12.5. The van der Waals surface area contributed by atoms with E-state index in [0.717, 1.165) is 17.2 Å². The van der Waals surface area contributed by atoms with E-state index in [2.05, 4.69) is 9.82 Å². The second-order valence-corrected chi connectivity index (χ2v) is 3.42. The minimum absolute atomic E-state index is 0.397. The van der Waals surface area contributed by atoms with Crippen LogP contribution in [0.25, 0.3) is 0 Å². The highest BCUT2D eigenvalue weighted by Crippen LogP contribution is 2.33. The number of rotatable bonds is 2. The van der Waals surface area contributed by atoms with Crippen LogP contribution < -0.4 is 0 Å². The number of carbonyl (C=O) groups excluding carboxylic acids is 1. The molecule has 1 aromatic heterocycles. The fourth-order valence-electron chi connectivity index (χ4n) is 1.00. The van der Waals surface area contributed by atoms with Gasteiger partial charge in [0.2, 0.25) is 0 Å². The molecule has 0 bridgehead atoms. The molecule has 0 unspecified atom stereocenters. The van der Waals surface area contributed by atoms with E-state index < -0.39 is 28.5 Å². The van der Waals surface area contributed by atoms with Gasteiger partial charge in [0, 0.05) is 7.05 Å². The van der Waals surface area contributed by atoms with E-state index in [4.69, 9.17) is 11.6 Å². The lowest BCUT2D eigenvalue weighted by Gasteiger charge is -2.14. The molecule has 17 heavy (non-hydrogen) atoms. The lowest BCUT2D eigenvalue weighted by atomic mass is 10.3. The molecule has 1 amide bonds. The summed E-state index contributed by atoms with van der Waals surface area (Å²) in [5, 5.41) is 0.199. The number of aromatic nitrogens is 1. The van der Waals surface area contributed by atoms with Crippen molar-refractivity contribution in [3.63, 3.8) is 0 Å².